The quantitative estimate of drug-likeness (QED) is 0.556. The molecule has 1 aromatic rings. The molecule has 0 saturated carbocycles. The van der Waals surface area contributed by atoms with Crippen molar-refractivity contribution < 1.29 is 0 Å². The molecule has 0 atom stereocenters. The summed E-state index contributed by atoms with van der Waals surface area (Å²) in [7, 11) is 1.65. The smallest absolute Gasteiger partial charge is 0.188 e. The van der Waals surface area contributed by atoms with Crippen molar-refractivity contribution in [3.05, 3.63) is 16.1 Å². The van der Waals surface area contributed by atoms with Crippen LogP contribution in [0, 0.1) is 0 Å². The van der Waals surface area contributed by atoms with Crippen molar-refractivity contribution in [1.82, 2.24) is 10.3 Å². The summed E-state index contributed by atoms with van der Waals surface area (Å²) in [5, 5.41) is 6.15. The highest BCUT2D eigenvalue weighted by molar-refractivity contribution is 7.09. The van der Waals surface area contributed by atoms with E-state index in [-0.39, 0.29) is 0 Å². The fourth-order valence-corrected chi connectivity index (χ4v) is 1.60. The van der Waals surface area contributed by atoms with Crippen LogP contribution in [-0.4, -0.2) is 18.0 Å². The van der Waals surface area contributed by atoms with Gasteiger partial charge in [-0.15, -0.1) is 11.3 Å². The van der Waals surface area contributed by atoms with E-state index in [4.69, 9.17) is 5.73 Å². The molecule has 0 aromatic carbocycles. The number of hydrogen-bond donors (Lipinski definition) is 2. The fraction of sp³-hybridized carbons (Fsp3) is 0.500. The van der Waals surface area contributed by atoms with E-state index in [0.717, 1.165) is 17.1 Å². The van der Waals surface area contributed by atoms with Crippen molar-refractivity contribution in [2.45, 2.75) is 19.9 Å². The zero-order chi connectivity index (χ0) is 9.68. The van der Waals surface area contributed by atoms with Gasteiger partial charge in [0.05, 0.1) is 17.2 Å². The number of aliphatic imine (C=N–C) groups is 1. The van der Waals surface area contributed by atoms with Crippen molar-refractivity contribution >= 4 is 17.3 Å². The Kier molecular flexibility index (Phi) is 3.70. The number of aromatic nitrogens is 1. The second kappa shape index (κ2) is 4.81. The van der Waals surface area contributed by atoms with Crippen molar-refractivity contribution in [2.24, 2.45) is 10.7 Å². The first-order valence-electron chi connectivity index (χ1n) is 4.15. The summed E-state index contributed by atoms with van der Waals surface area (Å²) in [5.74, 6) is 0.450. The zero-order valence-corrected chi connectivity index (χ0v) is 8.69. The summed E-state index contributed by atoms with van der Waals surface area (Å²) in [4.78, 5) is 8.17. The Morgan fingerprint density at radius 1 is 1.77 bits per heavy atom. The van der Waals surface area contributed by atoms with Gasteiger partial charge in [-0.1, -0.05) is 6.92 Å². The average molecular weight is 198 g/mol. The summed E-state index contributed by atoms with van der Waals surface area (Å²) in [6, 6.07) is 0. The van der Waals surface area contributed by atoms with E-state index in [1.54, 1.807) is 18.4 Å². The van der Waals surface area contributed by atoms with Crippen molar-refractivity contribution in [3.63, 3.8) is 0 Å². The molecule has 1 heterocycles. The Balaban J connectivity index is 2.45. The molecule has 0 saturated heterocycles. The van der Waals surface area contributed by atoms with Crippen LogP contribution >= 0.6 is 11.3 Å². The maximum atomic E-state index is 5.47. The molecule has 0 unspecified atom stereocenters. The maximum Gasteiger partial charge on any atom is 0.188 e. The second-order valence-electron chi connectivity index (χ2n) is 2.55. The average Bonchev–Trinajstić information content (AvgIpc) is 2.61. The molecule has 13 heavy (non-hydrogen) atoms. The molecule has 4 nitrogen and oxygen atoms in total. The highest BCUT2D eigenvalue weighted by Gasteiger charge is 1.99. The van der Waals surface area contributed by atoms with Crippen LogP contribution in [0.3, 0.4) is 0 Å². The van der Waals surface area contributed by atoms with Crippen LogP contribution in [0.25, 0.3) is 0 Å². The lowest BCUT2D eigenvalue weighted by molar-refractivity contribution is 0.862. The fourth-order valence-electron chi connectivity index (χ4n) is 0.853. The van der Waals surface area contributed by atoms with Gasteiger partial charge in [-0.2, -0.15) is 0 Å². The summed E-state index contributed by atoms with van der Waals surface area (Å²) >= 11 is 1.68. The van der Waals surface area contributed by atoms with Crippen LogP contribution < -0.4 is 11.1 Å². The molecule has 5 heteroatoms. The minimum absolute atomic E-state index is 0.450. The molecule has 0 aliphatic carbocycles. The number of nitrogens with two attached hydrogens (primary N) is 1. The Bertz CT molecular complexity index is 292. The lowest BCUT2D eigenvalue weighted by Gasteiger charge is -2.00. The molecular weight excluding hydrogens is 184 g/mol. The molecule has 0 aliphatic heterocycles. The monoisotopic (exact) mass is 198 g/mol. The van der Waals surface area contributed by atoms with E-state index in [0.29, 0.717) is 12.5 Å². The standard InChI is InChI=1S/C8H14N4S/c1-3-7-12-6(5-13-7)4-11-8(9)10-2/h5H,3-4H2,1-2H3,(H3,9,10,11). The number of nitrogens with zero attached hydrogens (tertiary/aromatic N) is 2. The third kappa shape index (κ3) is 3.02. The largest absolute Gasteiger partial charge is 0.370 e. The third-order valence-corrected chi connectivity index (χ3v) is 2.64. The van der Waals surface area contributed by atoms with Crippen molar-refractivity contribution in [3.8, 4) is 0 Å². The number of rotatable bonds is 3. The summed E-state index contributed by atoms with van der Waals surface area (Å²) in [6.07, 6.45) is 0.988. The maximum absolute atomic E-state index is 5.47. The molecule has 0 fully saturated rings. The minimum atomic E-state index is 0.450. The summed E-state index contributed by atoms with van der Waals surface area (Å²) in [5.41, 5.74) is 6.50. The highest BCUT2D eigenvalue weighted by atomic mass is 32.1. The predicted molar refractivity (Wildman–Crippen MR) is 55.9 cm³/mol. The van der Waals surface area contributed by atoms with E-state index in [2.05, 4.69) is 22.2 Å². The SMILES string of the molecule is CCc1nc(CNC(N)=NC)cs1. The van der Waals surface area contributed by atoms with Crippen LogP contribution in [0.1, 0.15) is 17.6 Å². The van der Waals surface area contributed by atoms with Gasteiger partial charge in [0.15, 0.2) is 5.96 Å². The van der Waals surface area contributed by atoms with Crippen LogP contribution in [0.2, 0.25) is 0 Å². The van der Waals surface area contributed by atoms with E-state index in [1.807, 2.05) is 5.38 Å². The first kappa shape index (κ1) is 9.98. The number of nitrogens with one attached hydrogen (secondary N) is 1. The lowest BCUT2D eigenvalue weighted by Crippen LogP contribution is -2.30. The van der Waals surface area contributed by atoms with Gasteiger partial charge in [0, 0.05) is 12.4 Å². The van der Waals surface area contributed by atoms with Gasteiger partial charge < -0.3 is 11.1 Å². The molecule has 0 spiro atoms. The van der Waals surface area contributed by atoms with Gasteiger partial charge in [0.2, 0.25) is 0 Å². The third-order valence-electron chi connectivity index (χ3n) is 1.59. The Hall–Kier alpha value is -1.10. The van der Waals surface area contributed by atoms with Gasteiger partial charge in [0.1, 0.15) is 0 Å². The normalized spacial score (nSPS) is 11.7. The Labute approximate surface area is 81.9 Å². The molecule has 0 bridgehead atoms. The Morgan fingerprint density at radius 2 is 2.54 bits per heavy atom. The topological polar surface area (TPSA) is 63.3 Å². The summed E-state index contributed by atoms with van der Waals surface area (Å²) < 4.78 is 0. The van der Waals surface area contributed by atoms with E-state index >= 15 is 0 Å². The molecule has 1 rings (SSSR count). The molecule has 0 amide bonds. The van der Waals surface area contributed by atoms with E-state index in [1.165, 1.54) is 0 Å². The molecule has 72 valence electrons. The lowest BCUT2D eigenvalue weighted by atomic mass is 10.4. The minimum Gasteiger partial charge on any atom is -0.370 e. The van der Waals surface area contributed by atoms with E-state index in [9.17, 15) is 0 Å². The van der Waals surface area contributed by atoms with Gasteiger partial charge >= 0.3 is 0 Å². The highest BCUT2D eigenvalue weighted by Crippen LogP contribution is 2.09. The molecule has 3 N–H and O–H groups in total. The van der Waals surface area contributed by atoms with Crippen LogP contribution in [0.4, 0.5) is 0 Å². The van der Waals surface area contributed by atoms with Gasteiger partial charge in [-0.05, 0) is 6.42 Å². The van der Waals surface area contributed by atoms with Gasteiger partial charge in [-0.3, -0.25) is 4.99 Å². The number of thiazole rings is 1. The first-order chi connectivity index (χ1) is 6.26. The molecule has 1 aromatic heterocycles. The van der Waals surface area contributed by atoms with Crippen LogP contribution in [0.5, 0.6) is 0 Å². The molecule has 0 radical (unpaired) electrons. The van der Waals surface area contributed by atoms with Crippen LogP contribution in [0.15, 0.2) is 10.4 Å². The number of guanidine groups is 1. The van der Waals surface area contributed by atoms with E-state index < -0.39 is 0 Å². The molecule has 0 aliphatic rings. The molecular formula is C8H14N4S. The van der Waals surface area contributed by atoms with Gasteiger partial charge in [-0.25, -0.2) is 4.98 Å². The first-order valence-corrected chi connectivity index (χ1v) is 5.03. The number of aryl methyl sites for hydroxylation is 1. The van der Waals surface area contributed by atoms with Crippen molar-refractivity contribution in [1.29, 1.82) is 0 Å². The Morgan fingerprint density at radius 3 is 3.08 bits per heavy atom. The summed E-state index contributed by atoms with van der Waals surface area (Å²) in [6.45, 7) is 2.75. The predicted octanol–water partition coefficient (Wildman–Crippen LogP) is 0.740. The van der Waals surface area contributed by atoms with Crippen molar-refractivity contribution in [2.75, 3.05) is 7.05 Å². The zero-order valence-electron chi connectivity index (χ0n) is 7.87. The number of hydrogen-bond acceptors (Lipinski definition) is 3. The second-order valence-corrected chi connectivity index (χ2v) is 3.49. The van der Waals surface area contributed by atoms with Gasteiger partial charge in [0.25, 0.3) is 0 Å². The van der Waals surface area contributed by atoms with Crippen LogP contribution in [-0.2, 0) is 13.0 Å².